The van der Waals surface area contributed by atoms with Crippen LogP contribution in [-0.2, 0) is 9.53 Å². The van der Waals surface area contributed by atoms with Crippen molar-refractivity contribution in [1.82, 2.24) is 9.97 Å². The molecule has 3 rings (SSSR count). The van der Waals surface area contributed by atoms with Gasteiger partial charge in [0, 0.05) is 18.1 Å². The number of methoxy groups -OCH3 is 3. The number of carbonyl (C=O) groups excluding carboxylic acids is 2. The van der Waals surface area contributed by atoms with Gasteiger partial charge < -0.3 is 19.5 Å². The Bertz CT molecular complexity index is 1220. The van der Waals surface area contributed by atoms with Crippen LogP contribution < -0.4 is 14.8 Å². The number of hydrogen-bond acceptors (Lipinski definition) is 7. The summed E-state index contributed by atoms with van der Waals surface area (Å²) in [6.07, 6.45) is 3.73. The lowest BCUT2D eigenvalue weighted by Gasteiger charge is -2.11. The minimum atomic E-state index is -0.559. The molecule has 0 aliphatic carbocycles. The zero-order valence-corrected chi connectivity index (χ0v) is 19.1. The largest absolute Gasteiger partial charge is 0.497 e. The van der Waals surface area contributed by atoms with Crippen molar-refractivity contribution >= 4 is 29.7 Å². The van der Waals surface area contributed by atoms with Crippen molar-refractivity contribution in [3.05, 3.63) is 65.1 Å². The number of ether oxygens (including phenoxy) is 3. The Hall–Kier alpha value is -4.20. The summed E-state index contributed by atoms with van der Waals surface area (Å²) in [7, 11) is 4.50. The van der Waals surface area contributed by atoms with E-state index in [0.717, 1.165) is 5.56 Å². The number of carbonyl (C=O) groups is 2. The number of benzene rings is 2. The number of aryl methyl sites for hydroxylation is 1. The zero-order valence-electron chi connectivity index (χ0n) is 19.1. The van der Waals surface area contributed by atoms with Crippen molar-refractivity contribution in [2.24, 2.45) is 0 Å². The molecule has 0 aliphatic rings. The summed E-state index contributed by atoms with van der Waals surface area (Å²) in [5, 5.41) is 2.64. The highest BCUT2D eigenvalue weighted by atomic mass is 16.5. The molecule has 0 saturated carbocycles. The Morgan fingerprint density at radius 1 is 0.939 bits per heavy atom. The first-order chi connectivity index (χ1) is 15.8. The summed E-state index contributed by atoms with van der Waals surface area (Å²) in [5.41, 5.74) is 3.42. The highest BCUT2D eigenvalue weighted by Crippen LogP contribution is 2.28. The third-order valence-corrected chi connectivity index (χ3v) is 4.76. The Morgan fingerprint density at radius 2 is 1.73 bits per heavy atom. The quantitative estimate of drug-likeness (QED) is 0.536. The Labute approximate surface area is 192 Å². The van der Waals surface area contributed by atoms with Gasteiger partial charge in [-0.3, -0.25) is 4.79 Å². The van der Waals surface area contributed by atoms with Gasteiger partial charge in [0.15, 0.2) is 0 Å². The molecule has 8 heteroatoms. The first-order valence-electron chi connectivity index (χ1n) is 10.1. The maximum atomic E-state index is 12.3. The smallest absolute Gasteiger partial charge is 0.339 e. The molecule has 0 aliphatic heterocycles. The molecule has 2 aromatic carbocycles. The van der Waals surface area contributed by atoms with Crippen LogP contribution in [0.15, 0.2) is 42.5 Å². The van der Waals surface area contributed by atoms with Crippen LogP contribution in [0, 0.1) is 6.92 Å². The summed E-state index contributed by atoms with van der Waals surface area (Å²) in [6, 6.07) is 12.4. The molecule has 0 unspecified atom stereocenters. The molecule has 0 spiro atoms. The third-order valence-electron chi connectivity index (χ3n) is 4.76. The summed E-state index contributed by atoms with van der Waals surface area (Å²) in [5.74, 6) is 1.14. The Kier molecular flexibility index (Phi) is 7.40. The molecule has 1 heterocycles. The fourth-order valence-corrected chi connectivity index (χ4v) is 3.25. The lowest BCUT2D eigenvalue weighted by Crippen LogP contribution is -2.12. The van der Waals surface area contributed by atoms with Crippen molar-refractivity contribution in [2.45, 2.75) is 13.8 Å². The predicted octanol–water partition coefficient (Wildman–Crippen LogP) is 4.38. The van der Waals surface area contributed by atoms with E-state index in [-0.39, 0.29) is 11.5 Å². The SMILES string of the molecule is COC(=O)c1cc(-c2cc(/C=C/c3cc(OC)ccc3OC)nc(C)n2)ccc1NC(C)=O. The number of aromatic nitrogens is 2. The predicted molar refractivity (Wildman–Crippen MR) is 126 cm³/mol. The van der Waals surface area contributed by atoms with Crippen LogP contribution in [0.5, 0.6) is 11.5 Å². The number of nitrogens with zero attached hydrogens (tertiary/aromatic N) is 2. The van der Waals surface area contributed by atoms with Gasteiger partial charge >= 0.3 is 5.97 Å². The Morgan fingerprint density at radius 3 is 2.39 bits per heavy atom. The average molecular weight is 447 g/mol. The molecular weight excluding hydrogens is 422 g/mol. The van der Waals surface area contributed by atoms with E-state index in [0.29, 0.717) is 40.0 Å². The van der Waals surface area contributed by atoms with E-state index in [1.165, 1.54) is 14.0 Å². The Balaban J connectivity index is 2.01. The van der Waals surface area contributed by atoms with E-state index in [2.05, 4.69) is 15.3 Å². The van der Waals surface area contributed by atoms with Crippen molar-refractivity contribution in [3.63, 3.8) is 0 Å². The summed E-state index contributed by atoms with van der Waals surface area (Å²) in [6.45, 7) is 3.17. The van der Waals surface area contributed by atoms with Crippen molar-refractivity contribution in [1.29, 1.82) is 0 Å². The van der Waals surface area contributed by atoms with Crippen LogP contribution in [0.1, 0.15) is 34.4 Å². The molecule has 0 atom stereocenters. The van der Waals surface area contributed by atoms with Gasteiger partial charge in [0.25, 0.3) is 0 Å². The molecule has 1 aromatic heterocycles. The average Bonchev–Trinajstić information content (AvgIpc) is 2.81. The topological polar surface area (TPSA) is 99.6 Å². The van der Waals surface area contributed by atoms with Gasteiger partial charge in [-0.1, -0.05) is 6.07 Å². The minimum absolute atomic E-state index is 0.236. The number of nitrogens with one attached hydrogen (secondary N) is 1. The van der Waals surface area contributed by atoms with Crippen LogP contribution >= 0.6 is 0 Å². The van der Waals surface area contributed by atoms with Crippen LogP contribution in [0.3, 0.4) is 0 Å². The normalized spacial score (nSPS) is 10.7. The van der Waals surface area contributed by atoms with E-state index in [9.17, 15) is 9.59 Å². The molecule has 0 saturated heterocycles. The van der Waals surface area contributed by atoms with Crippen LogP contribution in [0.2, 0.25) is 0 Å². The highest BCUT2D eigenvalue weighted by molar-refractivity contribution is 6.01. The maximum Gasteiger partial charge on any atom is 0.339 e. The standard InChI is InChI=1S/C25H25N3O5/c1-15-26-19(8-6-18-12-20(31-3)9-11-24(18)32-4)14-23(27-15)17-7-10-22(28-16(2)29)21(13-17)25(30)33-5/h6-14H,1-5H3,(H,28,29)/b8-6+. The molecule has 0 fully saturated rings. The van der Waals surface area contributed by atoms with Crippen LogP contribution in [-0.4, -0.2) is 43.2 Å². The monoisotopic (exact) mass is 447 g/mol. The number of anilines is 1. The first-order valence-corrected chi connectivity index (χ1v) is 10.1. The van der Waals surface area contributed by atoms with Gasteiger partial charge in [0.1, 0.15) is 17.3 Å². The van der Waals surface area contributed by atoms with Crippen molar-refractivity contribution < 1.29 is 23.8 Å². The zero-order chi connectivity index (χ0) is 24.0. The van der Waals surface area contributed by atoms with Gasteiger partial charge in [-0.2, -0.15) is 0 Å². The number of hydrogen-bond donors (Lipinski definition) is 1. The van der Waals surface area contributed by atoms with Gasteiger partial charge in [-0.05, 0) is 55.5 Å². The molecule has 0 bridgehead atoms. The summed E-state index contributed by atoms with van der Waals surface area (Å²) >= 11 is 0. The summed E-state index contributed by atoms with van der Waals surface area (Å²) < 4.78 is 15.6. The molecule has 33 heavy (non-hydrogen) atoms. The van der Waals surface area contributed by atoms with E-state index < -0.39 is 5.97 Å². The highest BCUT2D eigenvalue weighted by Gasteiger charge is 2.15. The van der Waals surface area contributed by atoms with Gasteiger partial charge in [-0.15, -0.1) is 0 Å². The molecule has 3 aromatic rings. The number of esters is 1. The van der Waals surface area contributed by atoms with Crippen molar-refractivity contribution in [3.8, 4) is 22.8 Å². The minimum Gasteiger partial charge on any atom is -0.497 e. The first kappa shape index (κ1) is 23.5. The van der Waals surface area contributed by atoms with E-state index in [4.69, 9.17) is 14.2 Å². The van der Waals surface area contributed by atoms with E-state index >= 15 is 0 Å². The second-order valence-electron chi connectivity index (χ2n) is 7.10. The van der Waals surface area contributed by atoms with Crippen molar-refractivity contribution in [2.75, 3.05) is 26.6 Å². The molecular formula is C25H25N3O5. The molecule has 0 radical (unpaired) electrons. The van der Waals surface area contributed by atoms with Crippen LogP contribution in [0.4, 0.5) is 5.69 Å². The number of rotatable bonds is 7. The molecule has 8 nitrogen and oxygen atoms in total. The lowest BCUT2D eigenvalue weighted by atomic mass is 10.0. The fourth-order valence-electron chi connectivity index (χ4n) is 3.25. The maximum absolute atomic E-state index is 12.3. The molecule has 170 valence electrons. The third kappa shape index (κ3) is 5.74. The van der Waals surface area contributed by atoms with Crippen LogP contribution in [0.25, 0.3) is 23.4 Å². The summed E-state index contributed by atoms with van der Waals surface area (Å²) in [4.78, 5) is 32.7. The van der Waals surface area contributed by atoms with Gasteiger partial charge in [0.2, 0.25) is 5.91 Å². The lowest BCUT2D eigenvalue weighted by molar-refractivity contribution is -0.114. The second kappa shape index (κ2) is 10.4. The number of amides is 1. The van der Waals surface area contributed by atoms with Gasteiger partial charge in [-0.25, -0.2) is 14.8 Å². The molecule has 1 N–H and O–H groups in total. The van der Waals surface area contributed by atoms with E-state index in [1.807, 2.05) is 36.4 Å². The fraction of sp³-hybridized carbons (Fsp3) is 0.200. The van der Waals surface area contributed by atoms with E-state index in [1.54, 1.807) is 39.3 Å². The molecule has 1 amide bonds. The van der Waals surface area contributed by atoms with Gasteiger partial charge in [0.05, 0.1) is 44.0 Å². The second-order valence-corrected chi connectivity index (χ2v) is 7.10.